The smallest absolute Gasteiger partial charge is 0.222 e. The maximum Gasteiger partial charge on any atom is 0.222 e. The van der Waals surface area contributed by atoms with E-state index in [2.05, 4.69) is 17.1 Å². The van der Waals surface area contributed by atoms with E-state index in [4.69, 9.17) is 0 Å². The van der Waals surface area contributed by atoms with E-state index >= 15 is 0 Å². The molecule has 2 heterocycles. The molecule has 0 aliphatic carbocycles. The molecule has 0 radical (unpaired) electrons. The fourth-order valence-corrected chi connectivity index (χ4v) is 4.37. The molecule has 1 aromatic rings. The van der Waals surface area contributed by atoms with Crippen molar-refractivity contribution in [3.8, 4) is 0 Å². The summed E-state index contributed by atoms with van der Waals surface area (Å²) in [7, 11) is 0. The van der Waals surface area contributed by atoms with Gasteiger partial charge in [-0.05, 0) is 80.6 Å². The van der Waals surface area contributed by atoms with Crippen LogP contribution in [0.3, 0.4) is 0 Å². The zero-order chi connectivity index (χ0) is 17.6. The summed E-state index contributed by atoms with van der Waals surface area (Å²) < 4.78 is 13.3. The Labute approximate surface area is 151 Å². The maximum absolute atomic E-state index is 13.3. The van der Waals surface area contributed by atoms with Crippen molar-refractivity contribution in [3.63, 3.8) is 0 Å². The zero-order valence-corrected chi connectivity index (χ0v) is 15.3. The molecule has 2 aliphatic heterocycles. The second-order valence-corrected chi connectivity index (χ2v) is 7.93. The van der Waals surface area contributed by atoms with Gasteiger partial charge in [0.05, 0.1) is 0 Å². The van der Waals surface area contributed by atoms with E-state index in [1.165, 1.54) is 18.9 Å². The van der Waals surface area contributed by atoms with Gasteiger partial charge in [-0.1, -0.05) is 19.1 Å². The number of amides is 1. The van der Waals surface area contributed by atoms with E-state index in [1.54, 1.807) is 12.1 Å². The highest BCUT2D eigenvalue weighted by atomic mass is 19.1. The molecular weight excluding hydrogens is 315 g/mol. The SMILES string of the molecule is CC(CC(=O)N1CCC(Cc2cccc(F)c2)CC1)C1CCNCC1. The van der Waals surface area contributed by atoms with E-state index in [9.17, 15) is 9.18 Å². The fourth-order valence-electron chi connectivity index (χ4n) is 4.37. The van der Waals surface area contributed by atoms with Crippen LogP contribution in [-0.4, -0.2) is 37.0 Å². The average molecular weight is 346 g/mol. The Morgan fingerprint density at radius 3 is 2.64 bits per heavy atom. The van der Waals surface area contributed by atoms with Crippen molar-refractivity contribution in [1.82, 2.24) is 10.2 Å². The van der Waals surface area contributed by atoms with Crippen molar-refractivity contribution in [2.75, 3.05) is 26.2 Å². The molecule has 2 aliphatic rings. The first-order valence-corrected chi connectivity index (χ1v) is 9.84. The zero-order valence-electron chi connectivity index (χ0n) is 15.3. The number of halogens is 1. The minimum absolute atomic E-state index is 0.156. The number of hydrogen-bond donors (Lipinski definition) is 1. The van der Waals surface area contributed by atoms with Gasteiger partial charge in [0.25, 0.3) is 0 Å². The largest absolute Gasteiger partial charge is 0.343 e. The maximum atomic E-state index is 13.3. The van der Waals surface area contributed by atoms with Gasteiger partial charge >= 0.3 is 0 Å². The lowest BCUT2D eigenvalue weighted by Gasteiger charge is -2.34. The summed E-state index contributed by atoms with van der Waals surface area (Å²) in [5.41, 5.74) is 1.07. The van der Waals surface area contributed by atoms with Crippen LogP contribution in [0, 0.1) is 23.6 Å². The van der Waals surface area contributed by atoms with Crippen molar-refractivity contribution in [1.29, 1.82) is 0 Å². The Morgan fingerprint density at radius 1 is 1.24 bits per heavy atom. The number of hydrogen-bond acceptors (Lipinski definition) is 2. The molecule has 1 N–H and O–H groups in total. The summed E-state index contributed by atoms with van der Waals surface area (Å²) in [5.74, 6) is 1.91. The summed E-state index contributed by atoms with van der Waals surface area (Å²) in [6.45, 7) is 6.14. The molecule has 2 fully saturated rings. The van der Waals surface area contributed by atoms with Crippen LogP contribution in [0.1, 0.15) is 44.6 Å². The van der Waals surface area contributed by atoms with Gasteiger partial charge in [-0.2, -0.15) is 0 Å². The molecule has 4 heteroatoms. The Kier molecular flexibility index (Phi) is 6.46. The van der Waals surface area contributed by atoms with Gasteiger partial charge in [-0.25, -0.2) is 4.39 Å². The van der Waals surface area contributed by atoms with Crippen LogP contribution in [-0.2, 0) is 11.2 Å². The van der Waals surface area contributed by atoms with E-state index in [0.717, 1.165) is 51.0 Å². The van der Waals surface area contributed by atoms with Crippen molar-refractivity contribution in [2.45, 2.75) is 45.4 Å². The lowest BCUT2D eigenvalue weighted by atomic mass is 9.83. The molecule has 0 spiro atoms. The summed E-state index contributed by atoms with van der Waals surface area (Å²) in [6.07, 6.45) is 6.08. The van der Waals surface area contributed by atoms with Crippen LogP contribution in [0.4, 0.5) is 4.39 Å². The highest BCUT2D eigenvalue weighted by Gasteiger charge is 2.27. The Morgan fingerprint density at radius 2 is 1.96 bits per heavy atom. The Balaban J connectivity index is 1.42. The third kappa shape index (κ3) is 5.27. The number of carbonyl (C=O) groups excluding carboxylic acids is 1. The number of carbonyl (C=O) groups is 1. The monoisotopic (exact) mass is 346 g/mol. The predicted molar refractivity (Wildman–Crippen MR) is 98.8 cm³/mol. The molecule has 1 amide bonds. The summed E-state index contributed by atoms with van der Waals surface area (Å²) in [5, 5.41) is 3.40. The molecular formula is C21H31FN2O. The van der Waals surface area contributed by atoms with E-state index in [1.807, 2.05) is 6.07 Å². The molecule has 25 heavy (non-hydrogen) atoms. The topological polar surface area (TPSA) is 32.3 Å². The highest BCUT2D eigenvalue weighted by Crippen LogP contribution is 2.27. The van der Waals surface area contributed by atoms with Gasteiger partial charge in [-0.3, -0.25) is 4.79 Å². The molecule has 0 saturated carbocycles. The van der Waals surface area contributed by atoms with Crippen LogP contribution >= 0.6 is 0 Å². The number of nitrogens with zero attached hydrogens (tertiary/aromatic N) is 1. The molecule has 3 rings (SSSR count). The standard InChI is InChI=1S/C21H31FN2O/c1-16(19-5-9-23-10-6-19)13-21(25)24-11-7-17(8-12-24)14-18-3-2-4-20(22)15-18/h2-4,15-17,19,23H,5-14H2,1H3. The van der Waals surface area contributed by atoms with Gasteiger partial charge < -0.3 is 10.2 Å². The van der Waals surface area contributed by atoms with Crippen molar-refractivity contribution >= 4 is 5.91 Å². The molecule has 1 aromatic carbocycles. The fraction of sp³-hybridized carbons (Fsp3) is 0.667. The molecule has 2 saturated heterocycles. The van der Waals surface area contributed by atoms with Gasteiger partial charge in [-0.15, -0.1) is 0 Å². The number of benzene rings is 1. The first-order chi connectivity index (χ1) is 12.1. The minimum Gasteiger partial charge on any atom is -0.343 e. The molecule has 0 aromatic heterocycles. The average Bonchev–Trinajstić information content (AvgIpc) is 2.63. The first-order valence-electron chi connectivity index (χ1n) is 9.84. The van der Waals surface area contributed by atoms with Crippen LogP contribution in [0.15, 0.2) is 24.3 Å². The van der Waals surface area contributed by atoms with Crippen molar-refractivity contribution < 1.29 is 9.18 Å². The summed E-state index contributed by atoms with van der Waals surface area (Å²) in [4.78, 5) is 14.7. The van der Waals surface area contributed by atoms with Gasteiger partial charge in [0, 0.05) is 19.5 Å². The summed E-state index contributed by atoms with van der Waals surface area (Å²) in [6, 6.07) is 6.92. The van der Waals surface area contributed by atoms with E-state index in [0.29, 0.717) is 30.1 Å². The second kappa shape index (κ2) is 8.79. The normalized spacial score (nSPS) is 21.3. The highest BCUT2D eigenvalue weighted by molar-refractivity contribution is 5.76. The molecule has 3 nitrogen and oxygen atoms in total. The number of likely N-dealkylation sites (tertiary alicyclic amines) is 1. The Bertz CT molecular complexity index is 563. The summed E-state index contributed by atoms with van der Waals surface area (Å²) >= 11 is 0. The first kappa shape index (κ1) is 18.4. The minimum atomic E-state index is -0.156. The van der Waals surface area contributed by atoms with E-state index in [-0.39, 0.29) is 5.82 Å². The number of piperidine rings is 2. The third-order valence-electron chi connectivity index (χ3n) is 6.07. The molecule has 0 bridgehead atoms. The van der Waals surface area contributed by atoms with Crippen molar-refractivity contribution in [2.24, 2.45) is 17.8 Å². The predicted octanol–water partition coefficient (Wildman–Crippen LogP) is 3.63. The van der Waals surface area contributed by atoms with Crippen LogP contribution < -0.4 is 5.32 Å². The quantitative estimate of drug-likeness (QED) is 0.883. The lowest BCUT2D eigenvalue weighted by Crippen LogP contribution is -2.40. The van der Waals surface area contributed by atoms with Gasteiger partial charge in [0.15, 0.2) is 0 Å². The van der Waals surface area contributed by atoms with Gasteiger partial charge in [0.1, 0.15) is 5.82 Å². The van der Waals surface area contributed by atoms with Crippen LogP contribution in [0.2, 0.25) is 0 Å². The second-order valence-electron chi connectivity index (χ2n) is 7.93. The molecule has 138 valence electrons. The molecule has 1 atom stereocenters. The van der Waals surface area contributed by atoms with E-state index < -0.39 is 0 Å². The lowest BCUT2D eigenvalue weighted by molar-refractivity contribution is -0.134. The van der Waals surface area contributed by atoms with Gasteiger partial charge in [0.2, 0.25) is 5.91 Å². The molecule has 1 unspecified atom stereocenters. The third-order valence-corrected chi connectivity index (χ3v) is 6.07. The number of nitrogens with one attached hydrogen (secondary N) is 1. The number of rotatable bonds is 5. The van der Waals surface area contributed by atoms with Crippen molar-refractivity contribution in [3.05, 3.63) is 35.6 Å². The van der Waals surface area contributed by atoms with Crippen LogP contribution in [0.25, 0.3) is 0 Å². The Hall–Kier alpha value is -1.42. The van der Waals surface area contributed by atoms with Crippen LogP contribution in [0.5, 0.6) is 0 Å².